The Labute approximate surface area is 110 Å². The predicted molar refractivity (Wildman–Crippen MR) is 71.2 cm³/mol. The Morgan fingerprint density at radius 2 is 2.17 bits per heavy atom. The van der Waals surface area contributed by atoms with Crippen molar-refractivity contribution in [2.75, 3.05) is 13.1 Å². The largest absolute Gasteiger partial charge is 0.444 e. The zero-order chi connectivity index (χ0) is 13.4. The number of amides is 1. The fraction of sp³-hybridized carbons (Fsp3) is 0.929. The minimum atomic E-state index is -0.436. The molecule has 104 valence electrons. The molecule has 0 aromatic heterocycles. The smallest absolute Gasteiger partial charge is 0.407 e. The number of rotatable bonds is 3. The Morgan fingerprint density at radius 3 is 2.61 bits per heavy atom. The third-order valence-corrected chi connectivity index (χ3v) is 4.49. The summed E-state index contributed by atoms with van der Waals surface area (Å²) < 4.78 is 5.28. The number of ether oxygens (including phenoxy) is 1. The average Bonchev–Trinajstić information content (AvgIpc) is 2.84. The van der Waals surface area contributed by atoms with Crippen LogP contribution in [-0.2, 0) is 4.74 Å². The van der Waals surface area contributed by atoms with Crippen LogP contribution in [0.15, 0.2) is 0 Å². The van der Waals surface area contributed by atoms with Gasteiger partial charge < -0.3 is 15.8 Å². The van der Waals surface area contributed by atoms with E-state index >= 15 is 0 Å². The highest BCUT2D eigenvalue weighted by Gasteiger charge is 2.50. The summed E-state index contributed by atoms with van der Waals surface area (Å²) in [4.78, 5) is 11.7. The van der Waals surface area contributed by atoms with E-state index in [0.717, 1.165) is 5.92 Å². The number of hydrogen-bond donors (Lipinski definition) is 2. The summed E-state index contributed by atoms with van der Waals surface area (Å²) in [6, 6.07) is 0. The van der Waals surface area contributed by atoms with Gasteiger partial charge in [-0.25, -0.2) is 4.79 Å². The van der Waals surface area contributed by atoms with Crippen molar-refractivity contribution in [1.82, 2.24) is 5.32 Å². The molecule has 3 atom stereocenters. The molecule has 2 fully saturated rings. The van der Waals surface area contributed by atoms with Crippen LogP contribution in [0.2, 0.25) is 0 Å². The summed E-state index contributed by atoms with van der Waals surface area (Å²) in [7, 11) is 0. The van der Waals surface area contributed by atoms with Gasteiger partial charge in [0.2, 0.25) is 0 Å². The monoisotopic (exact) mass is 254 g/mol. The first-order valence-electron chi connectivity index (χ1n) is 7.01. The second-order valence-corrected chi connectivity index (χ2v) is 7.00. The van der Waals surface area contributed by atoms with Crippen molar-refractivity contribution in [3.8, 4) is 0 Å². The molecule has 2 aliphatic rings. The quantitative estimate of drug-likeness (QED) is 0.812. The molecule has 0 saturated heterocycles. The van der Waals surface area contributed by atoms with E-state index < -0.39 is 5.60 Å². The summed E-state index contributed by atoms with van der Waals surface area (Å²) in [6.45, 7) is 6.97. The second kappa shape index (κ2) is 4.72. The van der Waals surface area contributed by atoms with Crippen LogP contribution in [-0.4, -0.2) is 24.8 Å². The first kappa shape index (κ1) is 13.7. The molecule has 0 aromatic rings. The lowest BCUT2D eigenvalue weighted by Gasteiger charge is -2.37. The Kier molecular flexibility index (Phi) is 3.58. The summed E-state index contributed by atoms with van der Waals surface area (Å²) in [6.07, 6.45) is 4.77. The Hall–Kier alpha value is -0.770. The first-order chi connectivity index (χ1) is 8.35. The molecule has 2 aliphatic carbocycles. The van der Waals surface area contributed by atoms with Crippen molar-refractivity contribution in [2.24, 2.45) is 23.0 Å². The van der Waals surface area contributed by atoms with Gasteiger partial charge in [-0.3, -0.25) is 0 Å². The molecule has 0 heterocycles. The van der Waals surface area contributed by atoms with E-state index in [-0.39, 0.29) is 11.5 Å². The van der Waals surface area contributed by atoms with Crippen molar-refractivity contribution in [1.29, 1.82) is 0 Å². The number of carbonyl (C=O) groups excluding carboxylic acids is 1. The van der Waals surface area contributed by atoms with Gasteiger partial charge in [-0.2, -0.15) is 0 Å². The molecule has 1 amide bonds. The van der Waals surface area contributed by atoms with Crippen LogP contribution in [0, 0.1) is 17.3 Å². The maximum absolute atomic E-state index is 11.7. The molecule has 0 aromatic carbocycles. The van der Waals surface area contributed by atoms with Crippen molar-refractivity contribution in [2.45, 2.75) is 52.1 Å². The maximum Gasteiger partial charge on any atom is 0.407 e. The number of carbonyl (C=O) groups is 1. The Balaban J connectivity index is 1.87. The van der Waals surface area contributed by atoms with Gasteiger partial charge in [0.25, 0.3) is 0 Å². The minimum Gasteiger partial charge on any atom is -0.444 e. The summed E-state index contributed by atoms with van der Waals surface area (Å²) in [5.74, 6) is 1.53. The van der Waals surface area contributed by atoms with Gasteiger partial charge in [0.1, 0.15) is 5.60 Å². The normalized spacial score (nSPS) is 34.7. The second-order valence-electron chi connectivity index (χ2n) is 7.00. The topological polar surface area (TPSA) is 64.3 Å². The van der Waals surface area contributed by atoms with Crippen LogP contribution in [0.1, 0.15) is 46.5 Å². The molecule has 0 spiro atoms. The van der Waals surface area contributed by atoms with E-state index in [1.807, 2.05) is 20.8 Å². The predicted octanol–water partition coefficient (Wildman–Crippen LogP) is 2.28. The lowest BCUT2D eigenvalue weighted by Crippen LogP contribution is -2.46. The van der Waals surface area contributed by atoms with Crippen LogP contribution in [0.5, 0.6) is 0 Å². The standard InChI is InChI=1S/C14H26N2O2/c1-13(2,3)18-12(17)16-9-14(8-15)7-10-4-5-11(14)6-10/h10-11H,4-9,15H2,1-3H3,(H,16,17). The van der Waals surface area contributed by atoms with Crippen LogP contribution in [0.3, 0.4) is 0 Å². The fourth-order valence-corrected chi connectivity index (χ4v) is 3.66. The molecular weight excluding hydrogens is 228 g/mol. The Morgan fingerprint density at radius 1 is 1.44 bits per heavy atom. The van der Waals surface area contributed by atoms with E-state index in [4.69, 9.17) is 10.5 Å². The Bertz CT molecular complexity index is 324. The molecule has 2 saturated carbocycles. The number of hydrogen-bond acceptors (Lipinski definition) is 3. The van der Waals surface area contributed by atoms with Crippen LogP contribution >= 0.6 is 0 Å². The van der Waals surface area contributed by atoms with E-state index in [1.165, 1.54) is 25.7 Å². The molecule has 4 heteroatoms. The highest BCUT2D eigenvalue weighted by atomic mass is 16.6. The molecule has 18 heavy (non-hydrogen) atoms. The average molecular weight is 254 g/mol. The molecular formula is C14H26N2O2. The molecule has 2 bridgehead atoms. The van der Waals surface area contributed by atoms with Crippen molar-refractivity contribution >= 4 is 6.09 Å². The lowest BCUT2D eigenvalue weighted by molar-refractivity contribution is 0.0477. The number of nitrogens with two attached hydrogens (primary N) is 1. The van der Waals surface area contributed by atoms with E-state index in [0.29, 0.717) is 19.0 Å². The highest BCUT2D eigenvalue weighted by Crippen LogP contribution is 2.55. The number of alkyl carbamates (subject to hydrolysis) is 1. The van der Waals surface area contributed by atoms with E-state index in [9.17, 15) is 4.79 Å². The van der Waals surface area contributed by atoms with Crippen molar-refractivity contribution in [3.05, 3.63) is 0 Å². The van der Waals surface area contributed by atoms with Gasteiger partial charge in [-0.1, -0.05) is 6.42 Å². The van der Waals surface area contributed by atoms with Gasteiger partial charge in [-0.15, -0.1) is 0 Å². The van der Waals surface area contributed by atoms with Gasteiger partial charge in [0.05, 0.1) is 0 Å². The zero-order valence-electron chi connectivity index (χ0n) is 11.8. The molecule has 0 radical (unpaired) electrons. The summed E-state index contributed by atoms with van der Waals surface area (Å²) >= 11 is 0. The first-order valence-corrected chi connectivity index (χ1v) is 7.01. The van der Waals surface area contributed by atoms with Crippen molar-refractivity contribution in [3.63, 3.8) is 0 Å². The summed E-state index contributed by atoms with van der Waals surface area (Å²) in [5.41, 5.74) is 5.67. The molecule has 4 nitrogen and oxygen atoms in total. The third kappa shape index (κ3) is 2.79. The molecule has 2 rings (SSSR count). The highest BCUT2D eigenvalue weighted by molar-refractivity contribution is 5.67. The summed E-state index contributed by atoms with van der Waals surface area (Å²) in [5, 5.41) is 2.92. The molecule has 0 aliphatic heterocycles. The van der Waals surface area contributed by atoms with Crippen LogP contribution in [0.4, 0.5) is 4.79 Å². The van der Waals surface area contributed by atoms with Crippen LogP contribution < -0.4 is 11.1 Å². The zero-order valence-corrected chi connectivity index (χ0v) is 11.8. The number of nitrogens with one attached hydrogen (secondary N) is 1. The minimum absolute atomic E-state index is 0.125. The number of fused-ring (bicyclic) bond motifs is 2. The maximum atomic E-state index is 11.7. The van der Waals surface area contributed by atoms with E-state index in [2.05, 4.69) is 5.32 Å². The van der Waals surface area contributed by atoms with Gasteiger partial charge in [-0.05, 0) is 58.4 Å². The third-order valence-electron chi connectivity index (χ3n) is 4.49. The molecule has 3 N–H and O–H groups in total. The fourth-order valence-electron chi connectivity index (χ4n) is 3.66. The van der Waals surface area contributed by atoms with Crippen molar-refractivity contribution < 1.29 is 9.53 Å². The SMILES string of the molecule is CC(C)(C)OC(=O)NCC1(CN)CC2CCC1C2. The van der Waals surface area contributed by atoms with Gasteiger partial charge in [0, 0.05) is 12.0 Å². The van der Waals surface area contributed by atoms with Crippen LogP contribution in [0.25, 0.3) is 0 Å². The molecule has 3 unspecified atom stereocenters. The van der Waals surface area contributed by atoms with Gasteiger partial charge >= 0.3 is 6.09 Å². The lowest BCUT2D eigenvalue weighted by atomic mass is 9.73. The van der Waals surface area contributed by atoms with Gasteiger partial charge in [0.15, 0.2) is 0 Å². The van der Waals surface area contributed by atoms with E-state index in [1.54, 1.807) is 0 Å².